The van der Waals surface area contributed by atoms with Crippen molar-refractivity contribution < 1.29 is 14.2 Å². The van der Waals surface area contributed by atoms with Crippen molar-refractivity contribution in [3.63, 3.8) is 0 Å². The van der Waals surface area contributed by atoms with Crippen LogP contribution in [0.1, 0.15) is 397 Å². The van der Waals surface area contributed by atoms with Crippen molar-refractivity contribution in [3.8, 4) is 0 Å². The lowest BCUT2D eigenvalue weighted by Gasteiger charge is -2.34. The van der Waals surface area contributed by atoms with Gasteiger partial charge in [0.1, 0.15) is 5.82 Å². The van der Waals surface area contributed by atoms with Crippen molar-refractivity contribution in [2.75, 3.05) is 101 Å². The Hall–Kier alpha value is -7.66. The van der Waals surface area contributed by atoms with Gasteiger partial charge in [0, 0.05) is 131 Å². The minimum absolute atomic E-state index is 0.0220. The summed E-state index contributed by atoms with van der Waals surface area (Å²) in [6, 6.07) is 43.8. The van der Waals surface area contributed by atoms with E-state index in [1.54, 1.807) is 17.8 Å². The number of hydrogen-bond acceptors (Lipinski definition) is 14. The number of fused-ring (bicyclic) bond motifs is 4. The molecule has 12 heterocycles. The highest BCUT2D eigenvalue weighted by molar-refractivity contribution is 5.82. The third kappa shape index (κ3) is 48.8. The number of pyridine rings is 6. The van der Waals surface area contributed by atoms with Gasteiger partial charge in [-0.1, -0.05) is 288 Å². The molecular weight excluding hydrogens is 1720 g/mol. The minimum Gasteiger partial charge on any atom is -0.381 e. The number of rotatable bonds is 14. The first kappa shape index (κ1) is 123. The largest absolute Gasteiger partial charge is 0.381 e. The highest BCUT2D eigenvalue weighted by Crippen LogP contribution is 2.38. The molecule has 784 valence electrons. The van der Waals surface area contributed by atoms with Crippen molar-refractivity contribution >= 4 is 28.1 Å². The van der Waals surface area contributed by atoms with Crippen LogP contribution in [0.4, 0.5) is 17.2 Å². The van der Waals surface area contributed by atoms with E-state index in [1.165, 1.54) is 205 Å². The number of nitrogens with one attached hydrogen (secondary N) is 2. The van der Waals surface area contributed by atoms with Crippen LogP contribution >= 0.6 is 0 Å². The van der Waals surface area contributed by atoms with Crippen LogP contribution in [-0.2, 0) is 27.1 Å². The van der Waals surface area contributed by atoms with Gasteiger partial charge < -0.3 is 39.2 Å². The van der Waals surface area contributed by atoms with E-state index in [9.17, 15) is 4.79 Å². The maximum atomic E-state index is 10.7. The van der Waals surface area contributed by atoms with Gasteiger partial charge in [-0.15, -0.1) is 0 Å². The van der Waals surface area contributed by atoms with Crippen LogP contribution in [-0.4, -0.2) is 149 Å². The zero-order chi connectivity index (χ0) is 103. The van der Waals surface area contributed by atoms with Crippen molar-refractivity contribution in [3.05, 3.63) is 226 Å². The van der Waals surface area contributed by atoms with Crippen LogP contribution in [0.2, 0.25) is 0 Å². The number of benzene rings is 2. The monoisotopic (exact) mass is 1920 g/mol. The van der Waals surface area contributed by atoms with Gasteiger partial charge in [0.2, 0.25) is 5.56 Å². The smallest absolute Gasteiger partial charge is 0.248 e. The number of likely N-dealkylation sites (tertiary alicyclic amines) is 1. The Balaban J connectivity index is 0.000000267. The van der Waals surface area contributed by atoms with E-state index in [-0.39, 0.29) is 5.56 Å². The molecule has 0 bridgehead atoms. The molecule has 8 aromatic rings. The molecule has 6 aliphatic heterocycles. The lowest BCUT2D eigenvalue weighted by Crippen LogP contribution is -2.40. The topological polar surface area (TPSA) is 150 Å². The SMILES string of the molecule is CC(C)C1=CCOCC1.CC(C)C1CCC1.CC(C)C1CCCC1.CC(C)C1CCCCC1.CC(C)C1CCCc2ncccc21.CC(C)C1CCOCC1.CC(C)N1CCCCC1.CC(C)N1CCCc2ncccc21.CC(C)N1CCNc2ncccc21.CC(C)N1CCOCC1.CC(C)c1cc[nH]c(=O)c1.CC(C)c1cccc2ncccc12.CC(C)c1ccccc1.CC(C)c1ccncc1. The fraction of sp³-hybridized carbons (Fsp3) is 0.664. The molecule has 10 aliphatic rings. The fourth-order valence-corrected chi connectivity index (χ4v) is 19.6. The summed E-state index contributed by atoms with van der Waals surface area (Å²) in [5.41, 5.74) is 14.5. The number of H-pyrrole nitrogens is 1. The van der Waals surface area contributed by atoms with E-state index in [1.807, 2.05) is 79.6 Å². The van der Waals surface area contributed by atoms with Gasteiger partial charge in [-0.05, 0) is 310 Å². The summed E-state index contributed by atoms with van der Waals surface area (Å²) in [5, 5.41) is 4.57. The summed E-state index contributed by atoms with van der Waals surface area (Å²) in [4.78, 5) is 44.5. The maximum Gasteiger partial charge on any atom is 0.248 e. The molecule has 2 N–H and O–H groups in total. The number of piperidine rings is 1. The third-order valence-corrected chi connectivity index (χ3v) is 29.5. The number of aromatic nitrogens is 6. The molecule has 18 rings (SSSR count). The second kappa shape index (κ2) is 70.9. The van der Waals surface area contributed by atoms with Crippen LogP contribution in [0.25, 0.3) is 10.9 Å². The Morgan fingerprint density at radius 3 is 1.29 bits per heavy atom. The van der Waals surface area contributed by atoms with E-state index < -0.39 is 0 Å². The molecule has 0 radical (unpaired) electrons. The van der Waals surface area contributed by atoms with Crippen molar-refractivity contribution in [1.29, 1.82) is 0 Å². The molecule has 15 heteroatoms. The molecule has 2 aromatic carbocycles. The molecule has 0 amide bonds. The second-order valence-corrected chi connectivity index (χ2v) is 44.7. The van der Waals surface area contributed by atoms with E-state index >= 15 is 0 Å². The highest BCUT2D eigenvalue weighted by atomic mass is 16.5. The van der Waals surface area contributed by atoms with Crippen molar-refractivity contribution in [2.45, 2.75) is 395 Å². The summed E-state index contributed by atoms with van der Waals surface area (Å²) in [6.07, 6.45) is 47.1. The fourth-order valence-electron chi connectivity index (χ4n) is 19.6. The van der Waals surface area contributed by atoms with E-state index in [0.717, 1.165) is 161 Å². The number of ether oxygens (including phenoxy) is 3. The molecule has 3 saturated carbocycles. The Bertz CT molecular complexity index is 4200. The Morgan fingerprint density at radius 2 is 0.836 bits per heavy atom. The van der Waals surface area contributed by atoms with Crippen LogP contribution < -0.4 is 20.7 Å². The normalized spacial score (nSPS) is 17.6. The lowest BCUT2D eigenvalue weighted by molar-refractivity contribution is 0.0238. The van der Waals surface area contributed by atoms with Gasteiger partial charge in [-0.25, -0.2) is 4.98 Å². The summed E-state index contributed by atoms with van der Waals surface area (Å²) >= 11 is 0. The number of morpholine rings is 1. The molecule has 140 heavy (non-hydrogen) atoms. The van der Waals surface area contributed by atoms with Crippen LogP contribution in [0.15, 0.2) is 181 Å². The predicted molar refractivity (Wildman–Crippen MR) is 606 cm³/mol. The van der Waals surface area contributed by atoms with Crippen molar-refractivity contribution in [2.24, 2.45) is 59.2 Å². The number of aryl methyl sites for hydroxylation is 2. The van der Waals surface area contributed by atoms with Gasteiger partial charge in [-0.3, -0.25) is 29.6 Å². The van der Waals surface area contributed by atoms with Gasteiger partial charge in [0.05, 0.1) is 49.0 Å². The van der Waals surface area contributed by atoms with Gasteiger partial charge >= 0.3 is 0 Å². The Kier molecular flexibility index (Phi) is 62.2. The average molecular weight is 1930 g/mol. The molecule has 3 saturated heterocycles. The molecule has 6 fully saturated rings. The van der Waals surface area contributed by atoms with Crippen molar-refractivity contribution in [1.82, 2.24) is 39.7 Å². The number of nitrogens with zero attached hydrogens (tertiary/aromatic N) is 9. The first-order valence-corrected chi connectivity index (χ1v) is 56.1. The minimum atomic E-state index is -0.0220. The number of hydrogen-bond donors (Lipinski definition) is 2. The molecule has 6 aromatic heterocycles. The first-order valence-electron chi connectivity index (χ1n) is 56.1. The average Bonchev–Trinajstić information content (AvgIpc) is 0.905. The Labute approximate surface area is 857 Å². The molecule has 4 aliphatic carbocycles. The van der Waals surface area contributed by atoms with Crippen LogP contribution in [0.3, 0.4) is 0 Å². The first-order chi connectivity index (χ1) is 67.1. The zero-order valence-electron chi connectivity index (χ0n) is 94.2. The van der Waals surface area contributed by atoms with E-state index in [4.69, 9.17) is 14.2 Å². The molecule has 15 nitrogen and oxygen atoms in total. The number of anilines is 3. The lowest BCUT2D eigenvalue weighted by atomic mass is 9.78. The molecule has 1 atom stereocenters. The zero-order valence-corrected chi connectivity index (χ0v) is 94.2. The van der Waals surface area contributed by atoms with E-state index in [0.29, 0.717) is 47.7 Å². The highest BCUT2D eigenvalue weighted by Gasteiger charge is 2.26. The predicted octanol–water partition coefficient (Wildman–Crippen LogP) is 32.2. The summed E-state index contributed by atoms with van der Waals surface area (Å²) in [5.74, 6) is 13.3. The van der Waals surface area contributed by atoms with Crippen LogP contribution in [0.5, 0.6) is 0 Å². The molecular formula is C125H205N11O4. The third-order valence-electron chi connectivity index (χ3n) is 29.5. The van der Waals surface area contributed by atoms with Gasteiger partial charge in [0.25, 0.3) is 0 Å². The van der Waals surface area contributed by atoms with E-state index in [2.05, 4.69) is 328 Å². The van der Waals surface area contributed by atoms with Crippen LogP contribution in [0, 0.1) is 59.2 Å². The van der Waals surface area contributed by atoms with Gasteiger partial charge in [-0.2, -0.15) is 0 Å². The maximum absolute atomic E-state index is 10.7. The molecule has 0 spiro atoms. The Morgan fingerprint density at radius 1 is 0.343 bits per heavy atom. The number of aromatic amines is 1. The van der Waals surface area contributed by atoms with Gasteiger partial charge in [0.15, 0.2) is 0 Å². The quantitative estimate of drug-likeness (QED) is 0.0994. The summed E-state index contributed by atoms with van der Waals surface area (Å²) in [7, 11) is 0. The second-order valence-electron chi connectivity index (χ2n) is 44.7. The summed E-state index contributed by atoms with van der Waals surface area (Å²) in [6.45, 7) is 76.6. The molecule has 1 unspecified atom stereocenters. The summed E-state index contributed by atoms with van der Waals surface area (Å²) < 4.78 is 15.6. The standard InChI is InChI=1S/C12H17N.C12H13N.C11H16N2.C10H15N3.C9H18.C9H12.C8H11NO.C8H11N.C8H17N.C8H16O.C8H14O.C8H16.C7H15NO.C7H14/c2*1-9(2)10-5-3-7-12-11(10)6-4-8-13-12;1-9(2)13-8-4-5-10-11(13)6-3-7-12-10;1-8(2)13-7-6-12-10-9(13)4-3-5-11-10;2*1-8(2)9-6-4-3-5-7-9;1-6(2)7-3-4-9-8(10)5-7;1-7(2)8-3-5-9-6-4-8;1-8(2)9-6-4-3-5-7-9;2*1-7(2)8-3-5-9-6-4-8;1-7(2)8-5-3-4-6-8;1-7(2)8-3-5-9-6-4-8;1-6(2)7-4-3-5-7/h4,6,8-10H,3,5,7H2,1-2H3;3-9H,1-2H3;3,6-7,9H,4-5,8H2,1-2H3;3-5,8H,6-7H2,1-2H3,(H,11,12);8-9H,3-7H2,1-2H3;3-8H,1-2H3;3-6H,1-2H3,(H,9,10);3-7H,1-2H3;8H,3-7H2,1-2H3;7-8H,3-6H2,1-2H3;3,7H,4-6H2,1-2H3;7-8H,3-6H2,1-2H3;7H,3-6H2,1-2H3;6-7H,3-5H2,1-2H3.